The van der Waals surface area contributed by atoms with Crippen molar-refractivity contribution in [3.63, 3.8) is 0 Å². The van der Waals surface area contributed by atoms with Crippen molar-refractivity contribution in [1.82, 2.24) is 15.1 Å². The molecular formula is C23H41N3O4. The lowest BCUT2D eigenvalue weighted by atomic mass is 10.2. The third-order valence-corrected chi connectivity index (χ3v) is 5.32. The first-order chi connectivity index (χ1) is 14.5. The second-order valence-corrected chi connectivity index (χ2v) is 8.13. The van der Waals surface area contributed by atoms with Crippen molar-refractivity contribution in [3.05, 3.63) is 23.8 Å². The highest BCUT2D eigenvalue weighted by atomic mass is 16.5. The predicted molar refractivity (Wildman–Crippen MR) is 120 cm³/mol. The fourth-order valence-electron chi connectivity index (χ4n) is 3.51. The number of benzene rings is 1. The Balaban J connectivity index is 1.71. The second-order valence-electron chi connectivity index (χ2n) is 8.13. The van der Waals surface area contributed by atoms with Crippen molar-refractivity contribution in [3.8, 4) is 11.5 Å². The molecule has 1 aromatic carbocycles. The van der Waals surface area contributed by atoms with E-state index in [1.807, 2.05) is 18.2 Å². The lowest BCUT2D eigenvalue weighted by Crippen LogP contribution is -2.49. The summed E-state index contributed by atoms with van der Waals surface area (Å²) in [5, 5.41) is 13.8. The minimum absolute atomic E-state index is 0.262. The second kappa shape index (κ2) is 13.8. The van der Waals surface area contributed by atoms with Gasteiger partial charge in [-0.2, -0.15) is 0 Å². The zero-order valence-electron chi connectivity index (χ0n) is 19.2. The molecule has 0 aliphatic carbocycles. The first kappa shape index (κ1) is 24.9. The van der Waals surface area contributed by atoms with E-state index >= 15 is 0 Å². The molecule has 7 nitrogen and oxygen atoms in total. The SMILES string of the molecule is CCN1CCN(CC(O)COc2ccc(CNCCCOC(C)C)cc2OC)CC1. The van der Waals surface area contributed by atoms with Crippen LogP contribution >= 0.6 is 0 Å². The van der Waals surface area contributed by atoms with Crippen molar-refractivity contribution in [1.29, 1.82) is 0 Å². The van der Waals surface area contributed by atoms with Gasteiger partial charge in [-0.25, -0.2) is 0 Å². The Morgan fingerprint density at radius 1 is 1.10 bits per heavy atom. The average Bonchev–Trinajstić information content (AvgIpc) is 2.75. The van der Waals surface area contributed by atoms with E-state index in [-0.39, 0.29) is 12.7 Å². The predicted octanol–water partition coefficient (Wildman–Crippen LogP) is 1.98. The van der Waals surface area contributed by atoms with E-state index in [2.05, 4.69) is 35.9 Å². The largest absolute Gasteiger partial charge is 0.493 e. The fourth-order valence-corrected chi connectivity index (χ4v) is 3.51. The first-order valence-corrected chi connectivity index (χ1v) is 11.3. The number of nitrogens with one attached hydrogen (secondary N) is 1. The van der Waals surface area contributed by atoms with Crippen LogP contribution in [0.5, 0.6) is 11.5 Å². The Kier molecular flexibility index (Phi) is 11.5. The molecule has 7 heteroatoms. The number of hydrogen-bond donors (Lipinski definition) is 2. The Morgan fingerprint density at radius 2 is 1.83 bits per heavy atom. The Hall–Kier alpha value is -1.38. The highest BCUT2D eigenvalue weighted by Crippen LogP contribution is 2.28. The van der Waals surface area contributed by atoms with Crippen LogP contribution in [0.15, 0.2) is 18.2 Å². The maximum Gasteiger partial charge on any atom is 0.161 e. The van der Waals surface area contributed by atoms with Gasteiger partial charge < -0.3 is 29.5 Å². The number of β-amino-alcohol motifs (C(OH)–C–C–N with tert-alkyl or cyclic N) is 1. The molecule has 172 valence electrons. The van der Waals surface area contributed by atoms with E-state index in [9.17, 15) is 5.11 Å². The van der Waals surface area contributed by atoms with Crippen LogP contribution in [-0.4, -0.2) is 93.3 Å². The van der Waals surface area contributed by atoms with Gasteiger partial charge in [0.05, 0.1) is 13.2 Å². The van der Waals surface area contributed by atoms with Crippen LogP contribution in [0.1, 0.15) is 32.8 Å². The molecular weight excluding hydrogens is 382 g/mol. The molecule has 0 spiro atoms. The summed E-state index contributed by atoms with van der Waals surface area (Å²) in [6, 6.07) is 5.94. The number of nitrogens with zero attached hydrogens (tertiary/aromatic N) is 2. The minimum atomic E-state index is -0.516. The van der Waals surface area contributed by atoms with E-state index in [1.165, 1.54) is 0 Å². The number of rotatable bonds is 14. The van der Waals surface area contributed by atoms with Gasteiger partial charge in [0.15, 0.2) is 11.5 Å². The van der Waals surface area contributed by atoms with Crippen LogP contribution < -0.4 is 14.8 Å². The van der Waals surface area contributed by atoms with Crippen LogP contribution in [0, 0.1) is 0 Å². The van der Waals surface area contributed by atoms with Crippen molar-refractivity contribution in [2.24, 2.45) is 0 Å². The zero-order valence-corrected chi connectivity index (χ0v) is 19.2. The summed E-state index contributed by atoms with van der Waals surface area (Å²) in [6.07, 6.45) is 0.755. The van der Waals surface area contributed by atoms with Gasteiger partial charge >= 0.3 is 0 Å². The van der Waals surface area contributed by atoms with Crippen LogP contribution in [0.25, 0.3) is 0 Å². The monoisotopic (exact) mass is 423 g/mol. The molecule has 1 unspecified atom stereocenters. The molecule has 0 amide bonds. The van der Waals surface area contributed by atoms with Crippen LogP contribution in [0.2, 0.25) is 0 Å². The summed E-state index contributed by atoms with van der Waals surface area (Å²) in [6.45, 7) is 14.9. The van der Waals surface area contributed by atoms with Crippen LogP contribution in [-0.2, 0) is 11.3 Å². The molecule has 0 radical (unpaired) electrons. The highest BCUT2D eigenvalue weighted by Gasteiger charge is 2.19. The summed E-state index contributed by atoms with van der Waals surface area (Å²) in [5.41, 5.74) is 1.14. The van der Waals surface area contributed by atoms with Crippen LogP contribution in [0.3, 0.4) is 0 Å². The van der Waals surface area contributed by atoms with Crippen molar-refractivity contribution in [2.75, 3.05) is 66.1 Å². The Bertz CT molecular complexity index is 592. The molecule has 1 aromatic rings. The molecule has 0 aromatic heterocycles. The lowest BCUT2D eigenvalue weighted by Gasteiger charge is -2.34. The third kappa shape index (κ3) is 9.18. The zero-order chi connectivity index (χ0) is 21.8. The highest BCUT2D eigenvalue weighted by molar-refractivity contribution is 5.43. The lowest BCUT2D eigenvalue weighted by molar-refractivity contribution is 0.0464. The molecule has 1 aliphatic rings. The van der Waals surface area contributed by atoms with E-state index in [4.69, 9.17) is 14.2 Å². The molecule has 1 aliphatic heterocycles. The summed E-state index contributed by atoms with van der Waals surface area (Å²) in [5.74, 6) is 1.36. The van der Waals surface area contributed by atoms with Gasteiger partial charge in [0.2, 0.25) is 0 Å². The van der Waals surface area contributed by atoms with Gasteiger partial charge in [-0.15, -0.1) is 0 Å². The summed E-state index contributed by atoms with van der Waals surface area (Å²) >= 11 is 0. The van der Waals surface area contributed by atoms with Crippen molar-refractivity contribution in [2.45, 2.75) is 45.9 Å². The standard InChI is InChI=1S/C23H41N3O4/c1-5-25-10-12-26(13-11-25)17-21(27)18-30-22-8-7-20(15-23(22)28-4)16-24-9-6-14-29-19(2)3/h7-8,15,19,21,24,27H,5-6,9-14,16-18H2,1-4H3. The quantitative estimate of drug-likeness (QED) is 0.444. The molecule has 0 bridgehead atoms. The molecule has 1 fully saturated rings. The van der Waals surface area contributed by atoms with Gasteiger partial charge in [0.1, 0.15) is 12.7 Å². The number of piperazine rings is 1. The van der Waals surface area contributed by atoms with E-state index in [0.717, 1.165) is 64.4 Å². The first-order valence-electron chi connectivity index (χ1n) is 11.3. The van der Waals surface area contributed by atoms with Crippen LogP contribution in [0.4, 0.5) is 0 Å². The number of likely N-dealkylation sites (N-methyl/N-ethyl adjacent to an activating group) is 1. The smallest absolute Gasteiger partial charge is 0.161 e. The van der Waals surface area contributed by atoms with Crippen molar-refractivity contribution >= 4 is 0 Å². The Morgan fingerprint density at radius 3 is 2.50 bits per heavy atom. The fraction of sp³-hybridized carbons (Fsp3) is 0.739. The molecule has 0 saturated carbocycles. The number of methoxy groups -OCH3 is 1. The molecule has 1 atom stereocenters. The summed E-state index contributed by atoms with van der Waals surface area (Å²) in [7, 11) is 1.65. The molecule has 2 N–H and O–H groups in total. The molecule has 2 rings (SSSR count). The minimum Gasteiger partial charge on any atom is -0.493 e. The number of aliphatic hydroxyl groups is 1. The maximum absolute atomic E-state index is 10.4. The number of hydrogen-bond acceptors (Lipinski definition) is 7. The third-order valence-electron chi connectivity index (χ3n) is 5.32. The number of ether oxygens (including phenoxy) is 3. The molecule has 1 heterocycles. The van der Waals surface area contributed by atoms with E-state index in [0.29, 0.717) is 18.0 Å². The van der Waals surface area contributed by atoms with Gasteiger partial charge in [0, 0.05) is 45.9 Å². The van der Waals surface area contributed by atoms with Gasteiger partial charge in [-0.1, -0.05) is 13.0 Å². The van der Waals surface area contributed by atoms with Gasteiger partial charge in [-0.3, -0.25) is 4.90 Å². The van der Waals surface area contributed by atoms with E-state index < -0.39 is 6.10 Å². The molecule has 1 saturated heterocycles. The Labute approximate surface area is 182 Å². The number of aliphatic hydroxyl groups excluding tert-OH is 1. The average molecular weight is 424 g/mol. The summed E-state index contributed by atoms with van der Waals surface area (Å²) < 4.78 is 16.9. The normalized spacial score (nSPS) is 16.7. The molecule has 30 heavy (non-hydrogen) atoms. The van der Waals surface area contributed by atoms with Crippen molar-refractivity contribution < 1.29 is 19.3 Å². The van der Waals surface area contributed by atoms with Gasteiger partial charge in [-0.05, 0) is 51.1 Å². The van der Waals surface area contributed by atoms with E-state index in [1.54, 1.807) is 7.11 Å². The topological polar surface area (TPSA) is 66.4 Å². The summed E-state index contributed by atoms with van der Waals surface area (Å²) in [4.78, 5) is 4.73. The maximum atomic E-state index is 10.4. The van der Waals surface area contributed by atoms with Gasteiger partial charge in [0.25, 0.3) is 0 Å².